The normalized spacial score (nSPS) is 13.3. The second kappa shape index (κ2) is 14.4. The van der Waals surface area contributed by atoms with Crippen LogP contribution in [0.3, 0.4) is 0 Å². The highest BCUT2D eigenvalue weighted by Crippen LogP contribution is 2.48. The molecule has 0 unspecified atom stereocenters. The van der Waals surface area contributed by atoms with E-state index in [0.717, 1.165) is 48.1 Å². The van der Waals surface area contributed by atoms with Gasteiger partial charge in [0.25, 0.3) is 0 Å². The first-order chi connectivity index (χ1) is 21.3. The second-order valence-electron chi connectivity index (χ2n) is 19.3. The topological polar surface area (TPSA) is 60.7 Å². The Balaban J connectivity index is 0.000000419. The zero-order chi connectivity index (χ0) is 37.6. The minimum Gasteiger partial charge on any atom is -0.507 e. The van der Waals surface area contributed by atoms with Gasteiger partial charge in [-0.2, -0.15) is 0 Å². The highest BCUT2D eigenvalue weighted by atomic mass is 33.1. The number of aromatic hydroxyl groups is 3. The fraction of sp³-hybridized carbons (Fsp3) is 0.571. The van der Waals surface area contributed by atoms with Crippen molar-refractivity contribution in [1.82, 2.24) is 0 Å². The Morgan fingerprint density at radius 1 is 0.354 bits per heavy atom. The van der Waals surface area contributed by atoms with Gasteiger partial charge >= 0.3 is 0 Å². The monoisotopic (exact) mass is 712 g/mol. The zero-order valence-corrected chi connectivity index (χ0v) is 35.6. The fourth-order valence-corrected chi connectivity index (χ4v) is 7.73. The highest BCUT2D eigenvalue weighted by Gasteiger charge is 2.29. The van der Waals surface area contributed by atoms with Gasteiger partial charge in [-0.3, -0.25) is 0 Å². The van der Waals surface area contributed by atoms with Crippen molar-refractivity contribution in [2.75, 3.05) is 0 Å². The average Bonchev–Trinajstić information content (AvgIpc) is 2.86. The first-order valence-corrected chi connectivity index (χ1v) is 19.5. The maximum atomic E-state index is 11.0. The predicted molar refractivity (Wildman–Crippen MR) is 215 cm³/mol. The molecule has 0 aliphatic rings. The van der Waals surface area contributed by atoms with Crippen molar-refractivity contribution in [3.05, 3.63) is 69.8 Å². The van der Waals surface area contributed by atoms with Gasteiger partial charge in [-0.15, -0.1) is 12.6 Å². The van der Waals surface area contributed by atoms with Crippen LogP contribution in [0.15, 0.2) is 51.1 Å². The summed E-state index contributed by atoms with van der Waals surface area (Å²) in [6.07, 6.45) is 0. The summed E-state index contributed by atoms with van der Waals surface area (Å²) in [4.78, 5) is 3.17. The lowest BCUT2D eigenvalue weighted by Crippen LogP contribution is -2.17. The quantitative estimate of drug-likeness (QED) is 0.161. The number of rotatable bonds is 3. The minimum atomic E-state index is -0.150. The van der Waals surface area contributed by atoms with E-state index in [4.69, 9.17) is 0 Å². The van der Waals surface area contributed by atoms with E-state index in [1.807, 2.05) is 12.1 Å². The summed E-state index contributed by atoms with van der Waals surface area (Å²) >= 11 is 4.42. The Hall–Kier alpha value is -1.89. The van der Waals surface area contributed by atoms with Crippen LogP contribution in [0.2, 0.25) is 0 Å². The molecule has 0 aliphatic carbocycles. The van der Waals surface area contributed by atoms with Crippen molar-refractivity contribution in [1.29, 1.82) is 0 Å². The molecule has 48 heavy (non-hydrogen) atoms. The van der Waals surface area contributed by atoms with Crippen molar-refractivity contribution < 1.29 is 15.3 Å². The van der Waals surface area contributed by atoms with Crippen molar-refractivity contribution in [2.45, 2.75) is 172 Å². The molecule has 0 heterocycles. The number of phenolic OH excluding ortho intramolecular Hbond substituents is 3. The van der Waals surface area contributed by atoms with Crippen LogP contribution < -0.4 is 0 Å². The molecule has 0 aliphatic heterocycles. The molecule has 3 nitrogen and oxygen atoms in total. The van der Waals surface area contributed by atoms with Gasteiger partial charge in [0, 0.05) is 48.1 Å². The number of hydrogen-bond donors (Lipinski definition) is 4. The number of thiol groups is 1. The molecule has 0 aromatic heterocycles. The fourth-order valence-electron chi connectivity index (χ4n) is 5.46. The van der Waals surface area contributed by atoms with Crippen molar-refractivity contribution >= 4 is 34.2 Å². The molecule has 0 spiro atoms. The molecule has 0 saturated heterocycles. The van der Waals surface area contributed by atoms with Gasteiger partial charge < -0.3 is 15.3 Å². The molecule has 3 aromatic carbocycles. The third-order valence-corrected chi connectivity index (χ3v) is 10.9. The van der Waals surface area contributed by atoms with Crippen LogP contribution in [-0.4, -0.2) is 15.3 Å². The van der Waals surface area contributed by atoms with Crippen LogP contribution in [-0.2, 0) is 32.5 Å². The van der Waals surface area contributed by atoms with Gasteiger partial charge in [-0.05, 0) is 68.9 Å². The molecule has 0 radical (unpaired) electrons. The Morgan fingerprint density at radius 2 is 0.521 bits per heavy atom. The molecular weight excluding hydrogens is 649 g/mol. The number of phenols is 3. The molecular formula is C42H64O3S3. The van der Waals surface area contributed by atoms with E-state index in [0.29, 0.717) is 17.2 Å². The van der Waals surface area contributed by atoms with Gasteiger partial charge in [-0.1, -0.05) is 146 Å². The lowest BCUT2D eigenvalue weighted by molar-refractivity contribution is 0.421. The van der Waals surface area contributed by atoms with E-state index in [-0.39, 0.29) is 32.5 Å². The molecule has 268 valence electrons. The largest absolute Gasteiger partial charge is 0.507 e. The summed E-state index contributed by atoms with van der Waals surface area (Å²) in [5.41, 5.74) is 5.10. The molecule has 0 fully saturated rings. The smallest absolute Gasteiger partial charge is 0.123 e. The van der Waals surface area contributed by atoms with Gasteiger partial charge in [0.1, 0.15) is 17.2 Å². The lowest BCUT2D eigenvalue weighted by Gasteiger charge is -2.28. The SMILES string of the molecule is CC(C)(C)c1cc(S)cc(C(C)(C)C)c1O.CC(C)(C)c1cc(SSc2cc(C(C)(C)C)c(O)c(C(C)(C)C)c2)cc(C(C)(C)C)c1O. The zero-order valence-electron chi connectivity index (χ0n) is 33.1. The molecule has 6 heteroatoms. The standard InChI is InChI=1S/C28H42O2S2.C14H22OS/c1-25(2,3)19-13-17(14-20(23(19)29)26(4,5)6)31-32-18-15-21(27(7,8)9)24(30)22(16-18)28(10,11)12;1-13(2,3)10-7-9(16)8-11(12(10)15)14(4,5)6/h13-16,29-30H,1-12H3;7-8,15-16H,1-6H3. The first kappa shape index (κ1) is 42.3. The lowest BCUT2D eigenvalue weighted by atomic mass is 9.79. The Bertz CT molecular complexity index is 1410. The molecule has 3 aromatic rings. The van der Waals surface area contributed by atoms with Gasteiger partial charge in [0.2, 0.25) is 0 Å². The Morgan fingerprint density at radius 3 is 0.688 bits per heavy atom. The van der Waals surface area contributed by atoms with Crippen LogP contribution in [0.4, 0.5) is 0 Å². The summed E-state index contributed by atoms with van der Waals surface area (Å²) in [7, 11) is 3.42. The Labute approximate surface area is 306 Å². The average molecular weight is 713 g/mol. The van der Waals surface area contributed by atoms with Crippen molar-refractivity contribution in [3.63, 3.8) is 0 Å². The molecule has 3 rings (SSSR count). The van der Waals surface area contributed by atoms with Crippen molar-refractivity contribution in [3.8, 4) is 17.2 Å². The summed E-state index contributed by atoms with van der Waals surface area (Å²) in [5.74, 6) is 1.24. The second-order valence-corrected chi connectivity index (χ2v) is 22.1. The minimum absolute atomic E-state index is 0.0666. The maximum absolute atomic E-state index is 11.0. The number of benzene rings is 3. The van der Waals surface area contributed by atoms with Gasteiger partial charge in [0.05, 0.1) is 0 Å². The highest BCUT2D eigenvalue weighted by molar-refractivity contribution is 8.76. The molecule has 3 N–H and O–H groups in total. The van der Waals surface area contributed by atoms with Crippen LogP contribution in [0, 0.1) is 0 Å². The first-order valence-electron chi connectivity index (χ1n) is 16.9. The summed E-state index contributed by atoms with van der Waals surface area (Å²) < 4.78 is 0. The van der Waals surface area contributed by atoms with E-state index < -0.39 is 0 Å². The van der Waals surface area contributed by atoms with Crippen LogP contribution in [0.5, 0.6) is 17.2 Å². The van der Waals surface area contributed by atoms with E-state index in [1.54, 1.807) is 21.6 Å². The summed E-state index contributed by atoms with van der Waals surface area (Å²) in [5, 5.41) is 32.4. The maximum Gasteiger partial charge on any atom is 0.123 e. The van der Waals surface area contributed by atoms with Crippen molar-refractivity contribution in [2.24, 2.45) is 0 Å². The molecule has 0 atom stereocenters. The molecule has 0 saturated carbocycles. The third-order valence-electron chi connectivity index (χ3n) is 8.34. The Kier molecular flexibility index (Phi) is 12.7. The van der Waals surface area contributed by atoms with Crippen LogP contribution >= 0.6 is 34.2 Å². The van der Waals surface area contributed by atoms with Gasteiger partial charge in [-0.25, -0.2) is 0 Å². The summed E-state index contributed by atoms with van der Waals surface area (Å²) in [6.45, 7) is 38.3. The van der Waals surface area contributed by atoms with E-state index in [1.165, 1.54) is 0 Å². The predicted octanol–water partition coefficient (Wildman–Crippen LogP) is 13.4. The summed E-state index contributed by atoms with van der Waals surface area (Å²) in [6, 6.07) is 12.4. The van der Waals surface area contributed by atoms with Gasteiger partial charge in [0.15, 0.2) is 0 Å². The van der Waals surface area contributed by atoms with E-state index in [2.05, 4.69) is 162 Å². The third kappa shape index (κ3) is 10.8. The van der Waals surface area contributed by atoms with Crippen LogP contribution in [0.25, 0.3) is 0 Å². The van der Waals surface area contributed by atoms with Crippen LogP contribution in [0.1, 0.15) is 158 Å². The molecule has 0 amide bonds. The van der Waals surface area contributed by atoms with E-state index >= 15 is 0 Å². The molecule has 0 bridgehead atoms. The number of hydrogen-bond acceptors (Lipinski definition) is 6. The van der Waals surface area contributed by atoms with E-state index in [9.17, 15) is 15.3 Å².